The second kappa shape index (κ2) is 10.5. The van der Waals surface area contributed by atoms with Gasteiger partial charge in [0, 0.05) is 19.7 Å². The maximum absolute atomic E-state index is 13.6. The van der Waals surface area contributed by atoms with Gasteiger partial charge in [0.05, 0.1) is 18.3 Å². The molecule has 176 valence electrons. The van der Waals surface area contributed by atoms with E-state index in [-0.39, 0.29) is 23.7 Å². The Morgan fingerprint density at radius 2 is 1.97 bits per heavy atom. The van der Waals surface area contributed by atoms with E-state index in [4.69, 9.17) is 4.74 Å². The number of benzene rings is 2. The van der Waals surface area contributed by atoms with Crippen LogP contribution >= 0.6 is 0 Å². The Morgan fingerprint density at radius 3 is 2.65 bits per heavy atom. The third kappa shape index (κ3) is 5.25. The first kappa shape index (κ1) is 23.4. The van der Waals surface area contributed by atoms with E-state index in [1.807, 2.05) is 43.3 Å². The number of halogens is 1. The standard InChI is InChI=1S/C27H28FN3O3/c1-3-25(27(33)30-17-22-6-4-5-14-29-22)34-23-12-9-19-13-15-31(18(2)32)26(24(19)16-23)20-7-10-21(28)11-8-20/h4-12,14,16,25-26H,3,13,15,17H2,1-2H3,(H,30,33). The molecule has 2 heterocycles. The molecule has 2 aromatic carbocycles. The summed E-state index contributed by atoms with van der Waals surface area (Å²) in [7, 11) is 0. The van der Waals surface area contributed by atoms with Crippen LogP contribution < -0.4 is 10.1 Å². The highest BCUT2D eigenvalue weighted by molar-refractivity contribution is 5.81. The molecule has 3 aromatic rings. The number of hydrogen-bond donors (Lipinski definition) is 1. The molecule has 6 nitrogen and oxygen atoms in total. The van der Waals surface area contributed by atoms with Crippen LogP contribution in [-0.4, -0.2) is 34.3 Å². The lowest BCUT2D eigenvalue weighted by Gasteiger charge is -2.37. The Morgan fingerprint density at radius 1 is 1.18 bits per heavy atom. The number of rotatable bonds is 7. The lowest BCUT2D eigenvalue weighted by molar-refractivity contribution is -0.131. The molecule has 0 aliphatic carbocycles. The summed E-state index contributed by atoms with van der Waals surface area (Å²) in [6.07, 6.45) is 2.23. The Labute approximate surface area is 198 Å². The van der Waals surface area contributed by atoms with E-state index in [0.717, 1.165) is 22.4 Å². The molecule has 0 spiro atoms. The number of aromatic nitrogens is 1. The number of amides is 2. The van der Waals surface area contributed by atoms with Gasteiger partial charge in [-0.05, 0) is 65.9 Å². The number of nitrogens with one attached hydrogen (secondary N) is 1. The average molecular weight is 462 g/mol. The minimum Gasteiger partial charge on any atom is -0.481 e. The van der Waals surface area contributed by atoms with Crippen LogP contribution in [0.5, 0.6) is 5.75 Å². The lowest BCUT2D eigenvalue weighted by Crippen LogP contribution is -2.39. The summed E-state index contributed by atoms with van der Waals surface area (Å²) in [5.41, 5.74) is 3.63. The fourth-order valence-corrected chi connectivity index (χ4v) is 4.29. The molecule has 0 saturated heterocycles. The monoisotopic (exact) mass is 461 g/mol. The molecule has 7 heteroatoms. The van der Waals surface area contributed by atoms with E-state index in [2.05, 4.69) is 10.3 Å². The number of carbonyl (C=O) groups excluding carboxylic acids is 2. The van der Waals surface area contributed by atoms with Crippen molar-refractivity contribution in [1.29, 1.82) is 0 Å². The van der Waals surface area contributed by atoms with Gasteiger partial charge in [0.2, 0.25) is 5.91 Å². The molecular formula is C27H28FN3O3. The maximum Gasteiger partial charge on any atom is 0.261 e. The van der Waals surface area contributed by atoms with Gasteiger partial charge in [-0.1, -0.05) is 31.2 Å². The summed E-state index contributed by atoms with van der Waals surface area (Å²) < 4.78 is 19.6. The van der Waals surface area contributed by atoms with E-state index in [1.165, 1.54) is 12.1 Å². The number of ether oxygens (including phenoxy) is 1. The van der Waals surface area contributed by atoms with Crippen LogP contribution in [0.2, 0.25) is 0 Å². The van der Waals surface area contributed by atoms with Gasteiger partial charge in [-0.25, -0.2) is 4.39 Å². The molecule has 2 unspecified atom stereocenters. The molecule has 1 aromatic heterocycles. The van der Waals surface area contributed by atoms with Gasteiger partial charge in [-0.2, -0.15) is 0 Å². The zero-order valence-corrected chi connectivity index (χ0v) is 19.3. The number of carbonyl (C=O) groups is 2. The Hall–Kier alpha value is -3.74. The molecule has 4 rings (SSSR count). The van der Waals surface area contributed by atoms with E-state index in [0.29, 0.717) is 31.7 Å². The molecule has 34 heavy (non-hydrogen) atoms. The number of nitrogens with zero attached hydrogens (tertiary/aromatic N) is 2. The Kier molecular flexibility index (Phi) is 7.21. The zero-order chi connectivity index (χ0) is 24.1. The molecule has 0 radical (unpaired) electrons. The van der Waals surface area contributed by atoms with Gasteiger partial charge in [0.25, 0.3) is 5.91 Å². The summed E-state index contributed by atoms with van der Waals surface area (Å²) in [6, 6.07) is 17.2. The van der Waals surface area contributed by atoms with E-state index in [1.54, 1.807) is 30.2 Å². The van der Waals surface area contributed by atoms with Crippen molar-refractivity contribution in [2.75, 3.05) is 6.54 Å². The van der Waals surface area contributed by atoms with Crippen molar-refractivity contribution < 1.29 is 18.7 Å². The largest absolute Gasteiger partial charge is 0.481 e. The van der Waals surface area contributed by atoms with Gasteiger partial charge >= 0.3 is 0 Å². The van der Waals surface area contributed by atoms with Crippen LogP contribution in [0, 0.1) is 5.82 Å². The van der Waals surface area contributed by atoms with Crippen molar-refractivity contribution in [2.24, 2.45) is 0 Å². The molecule has 1 N–H and O–H groups in total. The fourth-order valence-electron chi connectivity index (χ4n) is 4.29. The summed E-state index contributed by atoms with van der Waals surface area (Å²) in [4.78, 5) is 31.2. The maximum atomic E-state index is 13.6. The van der Waals surface area contributed by atoms with Crippen molar-refractivity contribution in [1.82, 2.24) is 15.2 Å². The van der Waals surface area contributed by atoms with Crippen molar-refractivity contribution in [3.05, 3.63) is 95.1 Å². The third-order valence-electron chi connectivity index (χ3n) is 6.05. The Bertz CT molecular complexity index is 1150. The van der Waals surface area contributed by atoms with Gasteiger partial charge in [0.15, 0.2) is 6.10 Å². The van der Waals surface area contributed by atoms with E-state index >= 15 is 0 Å². The first-order valence-corrected chi connectivity index (χ1v) is 11.5. The quantitative estimate of drug-likeness (QED) is 0.573. The number of hydrogen-bond acceptors (Lipinski definition) is 4. The molecular weight excluding hydrogens is 433 g/mol. The normalized spacial score (nSPS) is 15.9. The SMILES string of the molecule is CCC(Oc1ccc2c(c1)C(c1ccc(F)cc1)N(C(C)=O)CC2)C(=O)NCc1ccccn1. The second-order valence-electron chi connectivity index (χ2n) is 8.33. The topological polar surface area (TPSA) is 71.5 Å². The molecule has 2 atom stereocenters. The van der Waals surface area contributed by atoms with Crippen LogP contribution in [0.15, 0.2) is 66.9 Å². The van der Waals surface area contributed by atoms with Gasteiger partial charge in [0.1, 0.15) is 11.6 Å². The first-order valence-electron chi connectivity index (χ1n) is 11.5. The summed E-state index contributed by atoms with van der Waals surface area (Å²) >= 11 is 0. The lowest BCUT2D eigenvalue weighted by atomic mass is 9.88. The predicted molar refractivity (Wildman–Crippen MR) is 127 cm³/mol. The minimum atomic E-state index is -0.668. The van der Waals surface area contributed by atoms with Crippen molar-refractivity contribution >= 4 is 11.8 Å². The van der Waals surface area contributed by atoms with Crippen LogP contribution in [0.4, 0.5) is 4.39 Å². The average Bonchev–Trinajstić information content (AvgIpc) is 2.86. The highest BCUT2D eigenvalue weighted by atomic mass is 19.1. The van der Waals surface area contributed by atoms with Gasteiger partial charge < -0.3 is 15.0 Å². The number of fused-ring (bicyclic) bond motifs is 1. The fraction of sp³-hybridized carbons (Fsp3) is 0.296. The smallest absolute Gasteiger partial charge is 0.261 e. The van der Waals surface area contributed by atoms with E-state index in [9.17, 15) is 14.0 Å². The number of pyridine rings is 1. The van der Waals surface area contributed by atoms with Crippen molar-refractivity contribution in [3.63, 3.8) is 0 Å². The zero-order valence-electron chi connectivity index (χ0n) is 19.3. The second-order valence-corrected chi connectivity index (χ2v) is 8.33. The van der Waals surface area contributed by atoms with Crippen molar-refractivity contribution in [3.8, 4) is 5.75 Å². The molecule has 1 aliphatic heterocycles. The van der Waals surface area contributed by atoms with Gasteiger partial charge in [-0.15, -0.1) is 0 Å². The molecule has 0 bridgehead atoms. The molecule has 1 aliphatic rings. The summed E-state index contributed by atoms with van der Waals surface area (Å²) in [5, 5.41) is 2.88. The van der Waals surface area contributed by atoms with Crippen molar-refractivity contribution in [2.45, 2.75) is 45.4 Å². The van der Waals surface area contributed by atoms with Crippen LogP contribution in [0.1, 0.15) is 48.7 Å². The van der Waals surface area contributed by atoms with Crippen LogP contribution in [0.25, 0.3) is 0 Å². The van der Waals surface area contributed by atoms with Gasteiger partial charge in [-0.3, -0.25) is 14.6 Å². The highest BCUT2D eigenvalue weighted by Gasteiger charge is 2.31. The highest BCUT2D eigenvalue weighted by Crippen LogP contribution is 2.37. The van der Waals surface area contributed by atoms with E-state index < -0.39 is 6.10 Å². The molecule has 2 amide bonds. The summed E-state index contributed by atoms with van der Waals surface area (Å²) in [5.74, 6) is -0.0391. The minimum absolute atomic E-state index is 0.0494. The summed E-state index contributed by atoms with van der Waals surface area (Å²) in [6.45, 7) is 4.34. The predicted octanol–water partition coefficient (Wildman–Crippen LogP) is 4.19. The van der Waals surface area contributed by atoms with Crippen LogP contribution in [0.3, 0.4) is 0 Å². The molecule has 0 saturated carbocycles. The third-order valence-corrected chi connectivity index (χ3v) is 6.05. The Balaban J connectivity index is 1.56. The van der Waals surface area contributed by atoms with Crippen LogP contribution in [-0.2, 0) is 22.6 Å². The molecule has 0 fully saturated rings. The first-order chi connectivity index (χ1) is 16.5.